The SMILES string of the molecule is COc1ccc(C(=O)N2CCCN(S(=O)(=O)c3cnc[nH]3)CC2)c(OC)c1. The van der Waals surface area contributed by atoms with Crippen molar-refractivity contribution in [2.24, 2.45) is 0 Å². The van der Waals surface area contributed by atoms with Gasteiger partial charge in [-0.25, -0.2) is 13.4 Å². The zero-order valence-corrected chi connectivity index (χ0v) is 16.0. The third-order valence-corrected chi connectivity index (χ3v) is 6.30. The lowest BCUT2D eigenvalue weighted by Crippen LogP contribution is -2.37. The van der Waals surface area contributed by atoms with Crippen LogP contribution in [0.2, 0.25) is 0 Å². The number of ether oxygens (including phenoxy) is 2. The van der Waals surface area contributed by atoms with Crippen LogP contribution in [-0.2, 0) is 10.0 Å². The first-order valence-corrected chi connectivity index (χ1v) is 9.91. The Morgan fingerprint density at radius 2 is 1.96 bits per heavy atom. The molecule has 2 aromatic rings. The van der Waals surface area contributed by atoms with E-state index in [1.54, 1.807) is 30.2 Å². The molecule has 1 aromatic carbocycles. The van der Waals surface area contributed by atoms with Gasteiger partial charge >= 0.3 is 0 Å². The monoisotopic (exact) mass is 394 g/mol. The largest absolute Gasteiger partial charge is 0.497 e. The van der Waals surface area contributed by atoms with Gasteiger partial charge in [-0.15, -0.1) is 0 Å². The summed E-state index contributed by atoms with van der Waals surface area (Å²) >= 11 is 0. The first kappa shape index (κ1) is 19.2. The van der Waals surface area contributed by atoms with Crippen LogP contribution in [0.15, 0.2) is 35.7 Å². The minimum absolute atomic E-state index is 0.0547. The Kier molecular flexibility index (Phi) is 5.66. The number of amides is 1. The lowest BCUT2D eigenvalue weighted by Gasteiger charge is -2.22. The highest BCUT2D eigenvalue weighted by Gasteiger charge is 2.30. The molecule has 2 heterocycles. The minimum atomic E-state index is -3.64. The number of carbonyl (C=O) groups is 1. The Morgan fingerprint density at radius 1 is 1.15 bits per heavy atom. The van der Waals surface area contributed by atoms with Gasteiger partial charge in [0.05, 0.1) is 32.3 Å². The third kappa shape index (κ3) is 3.91. The molecule has 1 aliphatic heterocycles. The lowest BCUT2D eigenvalue weighted by atomic mass is 10.1. The first-order valence-electron chi connectivity index (χ1n) is 8.47. The number of rotatable bonds is 5. The topological polar surface area (TPSA) is 105 Å². The van der Waals surface area contributed by atoms with Gasteiger partial charge < -0.3 is 19.4 Å². The molecule has 3 rings (SSSR count). The Bertz CT molecular complexity index is 898. The van der Waals surface area contributed by atoms with Crippen molar-refractivity contribution < 1.29 is 22.7 Å². The first-order chi connectivity index (χ1) is 13.0. The van der Waals surface area contributed by atoms with Gasteiger partial charge in [-0.05, 0) is 18.6 Å². The van der Waals surface area contributed by atoms with Crippen LogP contribution >= 0.6 is 0 Å². The van der Waals surface area contributed by atoms with E-state index in [4.69, 9.17) is 9.47 Å². The number of benzene rings is 1. The van der Waals surface area contributed by atoms with Crippen LogP contribution in [0, 0.1) is 0 Å². The van der Waals surface area contributed by atoms with Gasteiger partial charge in [0.25, 0.3) is 15.9 Å². The fourth-order valence-electron chi connectivity index (χ4n) is 3.01. The van der Waals surface area contributed by atoms with E-state index in [0.717, 1.165) is 0 Å². The van der Waals surface area contributed by atoms with E-state index >= 15 is 0 Å². The van der Waals surface area contributed by atoms with Gasteiger partial charge in [-0.3, -0.25) is 4.79 Å². The van der Waals surface area contributed by atoms with E-state index < -0.39 is 10.0 Å². The van der Waals surface area contributed by atoms with Crippen molar-refractivity contribution >= 4 is 15.9 Å². The Labute approximate surface area is 158 Å². The fourth-order valence-corrected chi connectivity index (χ4v) is 4.37. The van der Waals surface area contributed by atoms with E-state index in [9.17, 15) is 13.2 Å². The Hall–Kier alpha value is -2.59. The molecular formula is C17H22N4O5S. The molecule has 9 nitrogen and oxygen atoms in total. The van der Waals surface area contributed by atoms with Crippen molar-refractivity contribution in [1.82, 2.24) is 19.2 Å². The van der Waals surface area contributed by atoms with Crippen molar-refractivity contribution in [3.63, 3.8) is 0 Å². The predicted octanol–water partition coefficient (Wildman–Crippen LogP) is 0.964. The van der Waals surface area contributed by atoms with E-state index in [1.807, 2.05) is 0 Å². The van der Waals surface area contributed by atoms with E-state index in [0.29, 0.717) is 43.1 Å². The van der Waals surface area contributed by atoms with Crippen molar-refractivity contribution in [2.45, 2.75) is 11.4 Å². The molecule has 10 heteroatoms. The number of H-pyrrole nitrogens is 1. The standard InChI is InChI=1S/C17H22N4O5S/c1-25-13-4-5-14(15(10-13)26-2)17(22)20-6-3-7-21(9-8-20)27(23,24)16-11-18-12-19-16/h4-5,10-12H,3,6-9H2,1-2H3,(H,18,19). The van der Waals surface area contributed by atoms with Gasteiger partial charge in [0.1, 0.15) is 11.5 Å². The van der Waals surface area contributed by atoms with Crippen LogP contribution in [0.4, 0.5) is 0 Å². The molecule has 1 aliphatic rings. The molecule has 1 N–H and O–H groups in total. The molecule has 0 unspecified atom stereocenters. The van der Waals surface area contributed by atoms with Crippen LogP contribution in [0.3, 0.4) is 0 Å². The second kappa shape index (κ2) is 7.97. The van der Waals surface area contributed by atoms with Gasteiger partial charge in [0.2, 0.25) is 0 Å². The maximum Gasteiger partial charge on any atom is 0.260 e. The Balaban J connectivity index is 1.76. The summed E-state index contributed by atoms with van der Waals surface area (Å²) < 4.78 is 37.1. The van der Waals surface area contributed by atoms with Crippen molar-refractivity contribution in [3.05, 3.63) is 36.3 Å². The second-order valence-electron chi connectivity index (χ2n) is 6.03. The summed E-state index contributed by atoms with van der Waals surface area (Å²) in [6.45, 7) is 1.31. The maximum atomic E-state index is 12.9. The summed E-state index contributed by atoms with van der Waals surface area (Å²) in [5.74, 6) is 0.817. The molecule has 27 heavy (non-hydrogen) atoms. The highest BCUT2D eigenvalue weighted by molar-refractivity contribution is 7.89. The van der Waals surface area contributed by atoms with Gasteiger partial charge in [-0.2, -0.15) is 4.31 Å². The normalized spacial score (nSPS) is 16.0. The highest BCUT2D eigenvalue weighted by atomic mass is 32.2. The summed E-state index contributed by atoms with van der Waals surface area (Å²) in [6, 6.07) is 5.01. The zero-order chi connectivity index (χ0) is 19.4. The highest BCUT2D eigenvalue weighted by Crippen LogP contribution is 2.26. The van der Waals surface area contributed by atoms with Crippen LogP contribution in [0.1, 0.15) is 16.8 Å². The van der Waals surface area contributed by atoms with Gasteiger partial charge in [-0.1, -0.05) is 0 Å². The van der Waals surface area contributed by atoms with E-state index in [1.165, 1.54) is 23.9 Å². The van der Waals surface area contributed by atoms with E-state index in [-0.39, 0.29) is 17.5 Å². The summed E-state index contributed by atoms with van der Waals surface area (Å²) in [6.07, 6.45) is 3.15. The van der Waals surface area contributed by atoms with Gasteiger partial charge in [0.15, 0.2) is 5.03 Å². The summed E-state index contributed by atoms with van der Waals surface area (Å²) in [5.41, 5.74) is 0.420. The molecular weight excluding hydrogens is 372 g/mol. The number of imidazole rings is 1. The van der Waals surface area contributed by atoms with Crippen LogP contribution in [0.25, 0.3) is 0 Å². The molecule has 0 spiro atoms. The number of nitrogens with one attached hydrogen (secondary N) is 1. The predicted molar refractivity (Wildman–Crippen MR) is 97.4 cm³/mol. The molecule has 1 saturated heterocycles. The number of aromatic nitrogens is 2. The number of aromatic amines is 1. The number of hydrogen-bond donors (Lipinski definition) is 1. The molecule has 0 atom stereocenters. The average molecular weight is 394 g/mol. The third-order valence-electron chi connectivity index (χ3n) is 4.47. The molecule has 1 aromatic heterocycles. The molecule has 0 radical (unpaired) electrons. The lowest BCUT2D eigenvalue weighted by molar-refractivity contribution is 0.0761. The number of nitrogens with zero attached hydrogens (tertiary/aromatic N) is 3. The van der Waals surface area contributed by atoms with Crippen LogP contribution in [0.5, 0.6) is 11.5 Å². The van der Waals surface area contributed by atoms with Crippen LogP contribution < -0.4 is 9.47 Å². The average Bonchev–Trinajstić information content (AvgIpc) is 3.12. The molecule has 146 valence electrons. The second-order valence-corrected chi connectivity index (χ2v) is 7.94. The van der Waals surface area contributed by atoms with Crippen molar-refractivity contribution in [3.8, 4) is 11.5 Å². The number of hydrogen-bond acceptors (Lipinski definition) is 6. The molecule has 1 fully saturated rings. The number of carbonyl (C=O) groups excluding carboxylic acids is 1. The Morgan fingerprint density at radius 3 is 2.63 bits per heavy atom. The quantitative estimate of drug-likeness (QED) is 0.810. The maximum absolute atomic E-state index is 12.9. The molecule has 0 bridgehead atoms. The zero-order valence-electron chi connectivity index (χ0n) is 15.2. The molecule has 1 amide bonds. The van der Waals surface area contributed by atoms with Crippen molar-refractivity contribution in [2.75, 3.05) is 40.4 Å². The number of methoxy groups -OCH3 is 2. The minimum Gasteiger partial charge on any atom is -0.497 e. The molecule has 0 saturated carbocycles. The summed E-state index contributed by atoms with van der Waals surface area (Å²) in [5, 5.41) is 0.0547. The van der Waals surface area contributed by atoms with Crippen LogP contribution in [-0.4, -0.2) is 73.9 Å². The number of sulfonamides is 1. The molecule has 0 aliphatic carbocycles. The van der Waals surface area contributed by atoms with E-state index in [2.05, 4.69) is 9.97 Å². The summed E-state index contributed by atoms with van der Waals surface area (Å²) in [4.78, 5) is 21.0. The smallest absolute Gasteiger partial charge is 0.260 e. The van der Waals surface area contributed by atoms with Gasteiger partial charge in [0, 0.05) is 32.2 Å². The fraction of sp³-hybridized carbons (Fsp3) is 0.412. The van der Waals surface area contributed by atoms with Crippen molar-refractivity contribution in [1.29, 1.82) is 0 Å². The summed E-state index contributed by atoms with van der Waals surface area (Å²) in [7, 11) is -0.607.